The summed E-state index contributed by atoms with van der Waals surface area (Å²) < 4.78 is 30.3. The van der Waals surface area contributed by atoms with Crippen LogP contribution in [0.1, 0.15) is 12.5 Å². The van der Waals surface area contributed by atoms with Gasteiger partial charge in [-0.1, -0.05) is 23.7 Å². The number of allylic oxidation sites excluding steroid dienone is 1. The van der Waals surface area contributed by atoms with E-state index >= 15 is 0 Å². The van der Waals surface area contributed by atoms with Crippen LogP contribution in [0.3, 0.4) is 0 Å². The normalized spacial score (nSPS) is 11.8. The molecule has 2 aromatic carbocycles. The van der Waals surface area contributed by atoms with Crippen molar-refractivity contribution in [3.8, 4) is 11.8 Å². The second kappa shape index (κ2) is 7.32. The molecule has 0 spiro atoms. The third kappa shape index (κ3) is 4.13. The van der Waals surface area contributed by atoms with Gasteiger partial charge in [-0.05, 0) is 55.0 Å². The van der Waals surface area contributed by atoms with E-state index in [2.05, 4.69) is 0 Å². The largest absolute Gasteiger partial charge is 0.494 e. The Morgan fingerprint density at radius 1 is 1.17 bits per heavy atom. The zero-order chi connectivity index (χ0) is 16.9. The van der Waals surface area contributed by atoms with Crippen molar-refractivity contribution in [1.29, 1.82) is 5.26 Å². The highest BCUT2D eigenvalue weighted by molar-refractivity contribution is 7.95. The SMILES string of the molecule is CCOc1ccc(C=C(C#N)S(=O)(=O)c2ccc(Cl)cc2)cc1. The van der Waals surface area contributed by atoms with Crippen molar-refractivity contribution in [2.24, 2.45) is 0 Å². The van der Waals surface area contributed by atoms with Gasteiger partial charge in [0.15, 0.2) is 0 Å². The molecular weight excluding hydrogens is 334 g/mol. The Hall–Kier alpha value is -2.29. The molecule has 0 aliphatic heterocycles. The first-order valence-corrected chi connectivity index (χ1v) is 8.69. The topological polar surface area (TPSA) is 67.2 Å². The predicted octanol–water partition coefficient (Wildman–Crippen LogP) is 4.08. The fraction of sp³-hybridized carbons (Fsp3) is 0.118. The van der Waals surface area contributed by atoms with Crippen molar-refractivity contribution in [1.82, 2.24) is 0 Å². The van der Waals surface area contributed by atoms with Crippen molar-refractivity contribution in [3.05, 3.63) is 64.0 Å². The van der Waals surface area contributed by atoms with E-state index in [1.165, 1.54) is 30.3 Å². The molecule has 0 saturated heterocycles. The lowest BCUT2D eigenvalue weighted by molar-refractivity contribution is 0.340. The molecule has 0 aliphatic carbocycles. The summed E-state index contributed by atoms with van der Waals surface area (Å²) in [5.74, 6) is 0.684. The molecule has 0 bridgehead atoms. The maximum absolute atomic E-state index is 12.5. The average Bonchev–Trinajstić information content (AvgIpc) is 2.54. The van der Waals surface area contributed by atoms with E-state index < -0.39 is 9.84 Å². The van der Waals surface area contributed by atoms with Gasteiger partial charge >= 0.3 is 0 Å². The highest BCUT2D eigenvalue weighted by Crippen LogP contribution is 2.23. The zero-order valence-corrected chi connectivity index (χ0v) is 13.9. The average molecular weight is 348 g/mol. The summed E-state index contributed by atoms with van der Waals surface area (Å²) in [7, 11) is -3.88. The molecule has 0 unspecified atom stereocenters. The molecule has 0 saturated carbocycles. The Morgan fingerprint density at radius 2 is 1.78 bits per heavy atom. The van der Waals surface area contributed by atoms with Gasteiger partial charge in [0.2, 0.25) is 9.84 Å². The first kappa shape index (κ1) is 17.1. The van der Waals surface area contributed by atoms with E-state index in [4.69, 9.17) is 16.3 Å². The van der Waals surface area contributed by atoms with Gasteiger partial charge in [-0.25, -0.2) is 8.42 Å². The van der Waals surface area contributed by atoms with Crippen LogP contribution in [0.25, 0.3) is 6.08 Å². The number of nitrogens with zero attached hydrogens (tertiary/aromatic N) is 1. The molecule has 0 aromatic heterocycles. The second-order valence-corrected chi connectivity index (χ2v) is 6.93. The Labute approximate surface area is 140 Å². The fourth-order valence-electron chi connectivity index (χ4n) is 1.89. The van der Waals surface area contributed by atoms with E-state index in [0.29, 0.717) is 22.9 Å². The van der Waals surface area contributed by atoms with Crippen LogP contribution in [0.4, 0.5) is 0 Å². The van der Waals surface area contributed by atoms with Crippen LogP contribution < -0.4 is 4.74 Å². The molecule has 0 aliphatic rings. The van der Waals surface area contributed by atoms with Crippen molar-refractivity contribution < 1.29 is 13.2 Å². The van der Waals surface area contributed by atoms with E-state index in [9.17, 15) is 13.7 Å². The Kier molecular flexibility index (Phi) is 5.43. The maximum atomic E-state index is 12.5. The minimum absolute atomic E-state index is 0.0284. The van der Waals surface area contributed by atoms with Gasteiger partial charge in [-0.3, -0.25) is 0 Å². The van der Waals surface area contributed by atoms with Gasteiger partial charge in [0.05, 0.1) is 11.5 Å². The lowest BCUT2D eigenvalue weighted by atomic mass is 10.2. The lowest BCUT2D eigenvalue weighted by Gasteiger charge is -2.05. The summed E-state index contributed by atoms with van der Waals surface area (Å²) in [6, 6.07) is 14.3. The third-order valence-electron chi connectivity index (χ3n) is 3.01. The number of nitriles is 1. The molecule has 0 radical (unpaired) electrons. The smallest absolute Gasteiger partial charge is 0.216 e. The predicted molar refractivity (Wildman–Crippen MR) is 89.8 cm³/mol. The molecule has 23 heavy (non-hydrogen) atoms. The Morgan fingerprint density at radius 3 is 2.30 bits per heavy atom. The molecule has 6 heteroatoms. The van der Waals surface area contributed by atoms with Crippen LogP contribution >= 0.6 is 11.6 Å². The minimum Gasteiger partial charge on any atom is -0.494 e. The molecule has 2 rings (SSSR count). The van der Waals surface area contributed by atoms with Gasteiger partial charge in [-0.15, -0.1) is 0 Å². The lowest BCUT2D eigenvalue weighted by Crippen LogP contribution is -2.03. The fourth-order valence-corrected chi connectivity index (χ4v) is 3.17. The molecule has 2 aromatic rings. The summed E-state index contributed by atoms with van der Waals surface area (Å²) in [5, 5.41) is 9.66. The summed E-state index contributed by atoms with van der Waals surface area (Å²) >= 11 is 5.76. The van der Waals surface area contributed by atoms with Crippen LogP contribution in [0, 0.1) is 11.3 Å². The quantitative estimate of drug-likeness (QED) is 0.764. The zero-order valence-electron chi connectivity index (χ0n) is 12.4. The Bertz CT molecular complexity index is 848. The second-order valence-electron chi connectivity index (χ2n) is 4.58. The highest BCUT2D eigenvalue weighted by atomic mass is 35.5. The molecular formula is C17H14ClNO3S. The monoisotopic (exact) mass is 347 g/mol. The number of hydrogen-bond donors (Lipinski definition) is 0. The van der Waals surface area contributed by atoms with Crippen LogP contribution in [0.2, 0.25) is 5.02 Å². The summed E-state index contributed by atoms with van der Waals surface area (Å²) in [5.41, 5.74) is 0.600. The Balaban J connectivity index is 2.38. The molecule has 0 N–H and O–H groups in total. The molecule has 0 amide bonds. The van der Waals surface area contributed by atoms with Gasteiger partial charge in [0.1, 0.15) is 16.7 Å². The van der Waals surface area contributed by atoms with Crippen molar-refractivity contribution in [2.75, 3.05) is 6.61 Å². The van der Waals surface area contributed by atoms with Gasteiger partial charge in [0, 0.05) is 5.02 Å². The van der Waals surface area contributed by atoms with Crippen LogP contribution in [-0.2, 0) is 9.84 Å². The third-order valence-corrected chi connectivity index (χ3v) is 4.95. The van der Waals surface area contributed by atoms with Gasteiger partial charge < -0.3 is 4.74 Å². The van der Waals surface area contributed by atoms with E-state index in [1.54, 1.807) is 30.3 Å². The van der Waals surface area contributed by atoms with Crippen molar-refractivity contribution in [3.63, 3.8) is 0 Å². The number of hydrogen-bond acceptors (Lipinski definition) is 4. The first-order valence-electron chi connectivity index (χ1n) is 6.82. The summed E-state index contributed by atoms with van der Waals surface area (Å²) in [4.78, 5) is -0.301. The van der Waals surface area contributed by atoms with Crippen LogP contribution in [0.15, 0.2) is 58.3 Å². The van der Waals surface area contributed by atoms with E-state index in [0.717, 1.165) is 0 Å². The van der Waals surface area contributed by atoms with Crippen molar-refractivity contribution in [2.45, 2.75) is 11.8 Å². The molecule has 0 heterocycles. The molecule has 118 valence electrons. The van der Waals surface area contributed by atoms with Crippen molar-refractivity contribution >= 4 is 27.5 Å². The highest BCUT2D eigenvalue weighted by Gasteiger charge is 2.20. The number of rotatable bonds is 5. The number of halogens is 1. The molecule has 4 nitrogen and oxygen atoms in total. The number of benzene rings is 2. The molecule has 0 atom stereocenters. The van der Waals surface area contributed by atoms with E-state index in [-0.39, 0.29) is 9.80 Å². The summed E-state index contributed by atoms with van der Waals surface area (Å²) in [6.07, 6.45) is 1.33. The summed E-state index contributed by atoms with van der Waals surface area (Å²) in [6.45, 7) is 2.42. The van der Waals surface area contributed by atoms with E-state index in [1.807, 2.05) is 6.92 Å². The van der Waals surface area contributed by atoms with Gasteiger partial charge in [-0.2, -0.15) is 5.26 Å². The van der Waals surface area contributed by atoms with Crippen LogP contribution in [0.5, 0.6) is 5.75 Å². The first-order chi connectivity index (χ1) is 11.0. The standard InChI is InChI=1S/C17H14ClNO3S/c1-2-22-15-7-3-13(4-8-15)11-17(12-19)23(20,21)16-9-5-14(18)6-10-16/h3-11H,2H2,1H3. The van der Waals surface area contributed by atoms with Gasteiger partial charge in [0.25, 0.3) is 0 Å². The number of ether oxygens (including phenoxy) is 1. The van der Waals surface area contributed by atoms with Crippen LogP contribution in [-0.4, -0.2) is 15.0 Å². The maximum Gasteiger partial charge on any atom is 0.216 e. The molecule has 0 fully saturated rings. The number of sulfone groups is 1. The minimum atomic E-state index is -3.88.